The fraction of sp³-hybridized carbons (Fsp3) is 0. The molecule has 0 bridgehead atoms. The van der Waals surface area contributed by atoms with Gasteiger partial charge in [0.2, 0.25) is 0 Å². The molecule has 0 saturated heterocycles. The number of carbonyl (C=O) groups excluding carboxylic acids is 1. The number of hydrogen-bond acceptors (Lipinski definition) is 5. The van der Waals surface area contributed by atoms with Crippen LogP contribution in [-0.2, 0) is 10.0 Å². The summed E-state index contributed by atoms with van der Waals surface area (Å²) < 4.78 is 32.4. The van der Waals surface area contributed by atoms with Crippen molar-refractivity contribution in [2.24, 2.45) is 5.73 Å². The number of anilines is 1. The van der Waals surface area contributed by atoms with E-state index in [1.54, 1.807) is 24.3 Å². The highest BCUT2D eigenvalue weighted by Crippen LogP contribution is 2.25. The Bertz CT molecular complexity index is 1010. The van der Waals surface area contributed by atoms with E-state index in [0.717, 1.165) is 17.5 Å². The van der Waals surface area contributed by atoms with Crippen molar-refractivity contribution in [3.05, 3.63) is 54.3 Å². The van der Waals surface area contributed by atoms with Crippen molar-refractivity contribution in [1.29, 1.82) is 0 Å². The largest absolute Gasteiger partial charge is 0.507 e. The molecule has 3 aromatic rings. The van der Waals surface area contributed by atoms with Gasteiger partial charge in [0.25, 0.3) is 15.9 Å². The van der Waals surface area contributed by atoms with Crippen molar-refractivity contribution in [2.75, 3.05) is 4.72 Å². The normalized spacial score (nSPS) is 11.5. The highest BCUT2D eigenvalue weighted by atomic mass is 32.2. The maximum atomic E-state index is 12.4. The van der Waals surface area contributed by atoms with E-state index in [2.05, 4.69) is 4.72 Å². The first-order chi connectivity index (χ1) is 10.9. The summed E-state index contributed by atoms with van der Waals surface area (Å²) in [6.07, 6.45) is 1.50. The summed E-state index contributed by atoms with van der Waals surface area (Å²) in [5.41, 5.74) is 5.81. The maximum Gasteiger partial charge on any atom is 0.261 e. The number of phenols is 1. The van der Waals surface area contributed by atoms with Gasteiger partial charge in [-0.2, -0.15) is 0 Å². The van der Waals surface area contributed by atoms with E-state index < -0.39 is 15.9 Å². The zero-order valence-corrected chi connectivity index (χ0v) is 12.5. The Morgan fingerprint density at radius 1 is 1.13 bits per heavy atom. The van der Waals surface area contributed by atoms with E-state index >= 15 is 0 Å². The number of furan rings is 1. The number of nitrogens with one attached hydrogen (secondary N) is 1. The lowest BCUT2D eigenvalue weighted by Gasteiger charge is -2.09. The predicted molar refractivity (Wildman–Crippen MR) is 83.6 cm³/mol. The van der Waals surface area contributed by atoms with Crippen LogP contribution in [0.25, 0.3) is 11.0 Å². The average molecular weight is 332 g/mol. The van der Waals surface area contributed by atoms with Crippen LogP contribution in [0.2, 0.25) is 0 Å². The molecule has 1 amide bonds. The van der Waals surface area contributed by atoms with Gasteiger partial charge in [0.15, 0.2) is 0 Å². The van der Waals surface area contributed by atoms with Crippen LogP contribution < -0.4 is 10.5 Å². The second-order valence-corrected chi connectivity index (χ2v) is 6.50. The number of amides is 1. The number of hydrogen-bond donors (Lipinski definition) is 3. The smallest absolute Gasteiger partial charge is 0.261 e. The lowest BCUT2D eigenvalue weighted by atomic mass is 10.2. The van der Waals surface area contributed by atoms with Crippen molar-refractivity contribution in [3.63, 3.8) is 0 Å². The Morgan fingerprint density at radius 2 is 1.91 bits per heavy atom. The molecule has 23 heavy (non-hydrogen) atoms. The average Bonchev–Trinajstić information content (AvgIpc) is 2.94. The summed E-state index contributed by atoms with van der Waals surface area (Å²) in [4.78, 5) is 11.0. The van der Waals surface area contributed by atoms with Crippen LogP contribution in [-0.4, -0.2) is 19.4 Å². The second kappa shape index (κ2) is 5.33. The Balaban J connectivity index is 1.98. The third-order valence-corrected chi connectivity index (χ3v) is 4.63. The summed E-state index contributed by atoms with van der Waals surface area (Å²) in [6, 6.07) is 9.83. The number of fused-ring (bicyclic) bond motifs is 1. The molecule has 0 atom stereocenters. The topological polar surface area (TPSA) is 123 Å². The molecule has 4 N–H and O–H groups in total. The minimum Gasteiger partial charge on any atom is -0.507 e. The molecule has 1 heterocycles. The number of rotatable bonds is 4. The first-order valence-corrected chi connectivity index (χ1v) is 7.98. The molecule has 0 radical (unpaired) electrons. The van der Waals surface area contributed by atoms with Crippen LogP contribution in [0.3, 0.4) is 0 Å². The van der Waals surface area contributed by atoms with Crippen molar-refractivity contribution in [2.45, 2.75) is 4.90 Å². The molecule has 3 rings (SSSR count). The summed E-state index contributed by atoms with van der Waals surface area (Å²) >= 11 is 0. The van der Waals surface area contributed by atoms with E-state index in [4.69, 9.17) is 10.2 Å². The van der Waals surface area contributed by atoms with Crippen LogP contribution >= 0.6 is 0 Å². The molecule has 8 heteroatoms. The number of benzene rings is 2. The monoisotopic (exact) mass is 332 g/mol. The molecule has 0 unspecified atom stereocenters. The number of carbonyl (C=O) groups is 1. The van der Waals surface area contributed by atoms with Crippen molar-refractivity contribution >= 4 is 32.6 Å². The lowest BCUT2D eigenvalue weighted by Crippen LogP contribution is -2.16. The second-order valence-electron chi connectivity index (χ2n) is 4.82. The van der Waals surface area contributed by atoms with Gasteiger partial charge in [-0.1, -0.05) is 0 Å². The molecular formula is C15H12N2O5S. The van der Waals surface area contributed by atoms with Gasteiger partial charge < -0.3 is 15.3 Å². The lowest BCUT2D eigenvalue weighted by molar-refractivity contribution is 0.0997. The first-order valence-electron chi connectivity index (χ1n) is 6.50. The summed E-state index contributed by atoms with van der Waals surface area (Å²) in [5.74, 6) is -1.30. The molecule has 118 valence electrons. The maximum absolute atomic E-state index is 12.4. The minimum absolute atomic E-state index is 0.184. The number of primary amides is 1. The van der Waals surface area contributed by atoms with E-state index in [9.17, 15) is 18.3 Å². The third-order valence-electron chi connectivity index (χ3n) is 3.25. The fourth-order valence-corrected chi connectivity index (χ4v) is 3.20. The Labute approximate surface area is 131 Å². The van der Waals surface area contributed by atoms with Crippen LogP contribution in [0.5, 0.6) is 5.75 Å². The molecule has 0 aliphatic rings. The summed E-state index contributed by atoms with van der Waals surface area (Å²) in [5, 5.41) is 10.3. The van der Waals surface area contributed by atoms with Gasteiger partial charge in [-0.25, -0.2) is 8.42 Å². The Hall–Kier alpha value is -3.00. The van der Waals surface area contributed by atoms with E-state index in [1.165, 1.54) is 12.3 Å². The van der Waals surface area contributed by atoms with Gasteiger partial charge in [0.1, 0.15) is 11.3 Å². The first kappa shape index (κ1) is 14.9. The quantitative estimate of drug-likeness (QED) is 0.674. The van der Waals surface area contributed by atoms with Crippen LogP contribution in [0.1, 0.15) is 10.4 Å². The molecular weight excluding hydrogens is 320 g/mol. The molecule has 2 aromatic carbocycles. The summed E-state index contributed by atoms with van der Waals surface area (Å²) in [7, 11) is -3.94. The molecule has 0 saturated carbocycles. The predicted octanol–water partition coefficient (Wildman–Crippen LogP) is 2.04. The molecule has 0 spiro atoms. The number of nitrogens with two attached hydrogens (primary N) is 1. The van der Waals surface area contributed by atoms with Crippen LogP contribution in [0.15, 0.2) is 58.0 Å². The summed E-state index contributed by atoms with van der Waals surface area (Å²) in [6.45, 7) is 0. The number of aromatic hydroxyl groups is 1. The number of sulfonamides is 1. The van der Waals surface area contributed by atoms with Gasteiger partial charge in [0, 0.05) is 11.1 Å². The van der Waals surface area contributed by atoms with E-state index in [1.807, 2.05) is 0 Å². The molecule has 0 fully saturated rings. The SMILES string of the molecule is NC(=O)c1cc(S(=O)(=O)Nc2ccc3occc3c2)ccc1O. The zero-order chi connectivity index (χ0) is 16.6. The van der Waals surface area contributed by atoms with E-state index in [0.29, 0.717) is 11.3 Å². The highest BCUT2D eigenvalue weighted by Gasteiger charge is 2.18. The Kier molecular flexibility index (Phi) is 3.45. The Morgan fingerprint density at radius 3 is 2.65 bits per heavy atom. The van der Waals surface area contributed by atoms with E-state index in [-0.39, 0.29) is 16.2 Å². The molecule has 0 aliphatic heterocycles. The van der Waals surface area contributed by atoms with Crippen molar-refractivity contribution in [3.8, 4) is 5.75 Å². The van der Waals surface area contributed by atoms with Gasteiger partial charge in [-0.3, -0.25) is 9.52 Å². The van der Waals surface area contributed by atoms with Gasteiger partial charge in [-0.15, -0.1) is 0 Å². The molecule has 7 nitrogen and oxygen atoms in total. The molecule has 1 aromatic heterocycles. The minimum atomic E-state index is -3.94. The van der Waals surface area contributed by atoms with Gasteiger partial charge in [0.05, 0.1) is 16.7 Å². The standard InChI is InChI=1S/C15H12N2O5S/c16-15(19)12-8-11(2-3-13(12)18)23(20,21)17-10-1-4-14-9(7-10)5-6-22-14/h1-8,17-18H,(H2,16,19). The highest BCUT2D eigenvalue weighted by molar-refractivity contribution is 7.92. The van der Waals surface area contributed by atoms with Crippen molar-refractivity contribution < 1.29 is 22.7 Å². The van der Waals surface area contributed by atoms with Crippen molar-refractivity contribution in [1.82, 2.24) is 0 Å². The van der Waals surface area contributed by atoms with Gasteiger partial charge >= 0.3 is 0 Å². The third kappa shape index (κ3) is 2.84. The fourth-order valence-electron chi connectivity index (χ4n) is 2.12. The molecule has 0 aliphatic carbocycles. The van der Waals surface area contributed by atoms with Gasteiger partial charge in [-0.05, 0) is 42.5 Å². The van der Waals surface area contributed by atoms with Crippen LogP contribution in [0, 0.1) is 0 Å². The zero-order valence-electron chi connectivity index (χ0n) is 11.7. The van der Waals surface area contributed by atoms with Crippen LogP contribution in [0.4, 0.5) is 5.69 Å².